The number of hydrogen-bond donors (Lipinski definition) is 3. The van der Waals surface area contributed by atoms with Crippen molar-refractivity contribution in [2.45, 2.75) is 6.92 Å². The molecular formula is C10H14N2O6S2. The lowest BCUT2D eigenvalue weighted by Crippen LogP contribution is -2.17. The molecule has 0 heterocycles. The van der Waals surface area contributed by atoms with Crippen molar-refractivity contribution in [2.75, 3.05) is 21.5 Å². The van der Waals surface area contributed by atoms with Crippen LogP contribution in [0.3, 0.4) is 0 Å². The first kappa shape index (κ1) is 16.2. The fourth-order valence-electron chi connectivity index (χ4n) is 1.33. The van der Waals surface area contributed by atoms with Gasteiger partial charge in [-0.15, -0.1) is 0 Å². The number of benzene rings is 1. The van der Waals surface area contributed by atoms with Crippen LogP contribution >= 0.6 is 0 Å². The Morgan fingerprint density at radius 3 is 2.25 bits per heavy atom. The number of carbonyl (C=O) groups is 1. The van der Waals surface area contributed by atoms with Crippen LogP contribution in [0.15, 0.2) is 18.2 Å². The molecule has 0 aliphatic heterocycles. The predicted molar refractivity (Wildman–Crippen MR) is 75.0 cm³/mol. The minimum Gasteiger partial charge on any atom is -0.478 e. The molecule has 1 aromatic carbocycles. The Morgan fingerprint density at radius 2 is 1.80 bits per heavy atom. The fourth-order valence-corrected chi connectivity index (χ4v) is 2.54. The van der Waals surface area contributed by atoms with Crippen LogP contribution in [0, 0.1) is 0 Å². The van der Waals surface area contributed by atoms with E-state index < -0.39 is 26.0 Å². The molecule has 1 rings (SSSR count). The van der Waals surface area contributed by atoms with Gasteiger partial charge in [0.05, 0.1) is 28.9 Å². The number of carboxylic acid groups (broad SMARTS) is 1. The van der Waals surface area contributed by atoms with Gasteiger partial charge in [0.1, 0.15) is 0 Å². The minimum absolute atomic E-state index is 0.0614. The van der Waals surface area contributed by atoms with Crippen molar-refractivity contribution >= 4 is 37.4 Å². The molecular weight excluding hydrogens is 308 g/mol. The topological polar surface area (TPSA) is 130 Å². The second kappa shape index (κ2) is 5.67. The third kappa shape index (κ3) is 4.70. The van der Waals surface area contributed by atoms with E-state index in [1.165, 1.54) is 13.0 Å². The van der Waals surface area contributed by atoms with Gasteiger partial charge in [0.15, 0.2) is 0 Å². The zero-order chi connectivity index (χ0) is 15.6. The molecule has 0 amide bonds. The van der Waals surface area contributed by atoms with E-state index in [9.17, 15) is 21.6 Å². The molecule has 1 aromatic rings. The molecule has 0 radical (unpaired) electrons. The van der Waals surface area contributed by atoms with Crippen molar-refractivity contribution in [3.63, 3.8) is 0 Å². The van der Waals surface area contributed by atoms with E-state index in [1.807, 2.05) is 0 Å². The van der Waals surface area contributed by atoms with E-state index in [-0.39, 0.29) is 22.7 Å². The molecule has 0 bridgehead atoms. The van der Waals surface area contributed by atoms with Crippen molar-refractivity contribution < 1.29 is 26.7 Å². The Balaban J connectivity index is 3.29. The van der Waals surface area contributed by atoms with Crippen LogP contribution < -0.4 is 9.44 Å². The summed E-state index contributed by atoms with van der Waals surface area (Å²) in [5.74, 6) is -1.57. The zero-order valence-electron chi connectivity index (χ0n) is 10.7. The summed E-state index contributed by atoms with van der Waals surface area (Å²) >= 11 is 0. The van der Waals surface area contributed by atoms with E-state index in [0.29, 0.717) is 0 Å². The quantitative estimate of drug-likeness (QED) is 0.700. The van der Waals surface area contributed by atoms with Crippen LogP contribution in [0.1, 0.15) is 17.3 Å². The number of anilines is 2. The highest BCUT2D eigenvalue weighted by Gasteiger charge is 2.16. The Labute approximate surface area is 116 Å². The highest BCUT2D eigenvalue weighted by atomic mass is 32.2. The summed E-state index contributed by atoms with van der Waals surface area (Å²) in [4.78, 5) is 11.0. The van der Waals surface area contributed by atoms with Gasteiger partial charge in [-0.3, -0.25) is 9.44 Å². The van der Waals surface area contributed by atoms with Gasteiger partial charge in [-0.1, -0.05) is 0 Å². The van der Waals surface area contributed by atoms with Crippen molar-refractivity contribution in [2.24, 2.45) is 0 Å². The number of carboxylic acids is 1. The Hall–Kier alpha value is -1.81. The van der Waals surface area contributed by atoms with E-state index in [4.69, 9.17) is 5.11 Å². The molecule has 0 fully saturated rings. The molecule has 0 unspecified atom stereocenters. The van der Waals surface area contributed by atoms with Gasteiger partial charge >= 0.3 is 5.97 Å². The summed E-state index contributed by atoms with van der Waals surface area (Å²) in [6, 6.07) is 3.45. The van der Waals surface area contributed by atoms with Gasteiger partial charge < -0.3 is 5.11 Å². The third-order valence-corrected chi connectivity index (χ3v) is 4.10. The van der Waals surface area contributed by atoms with Gasteiger partial charge in [-0.05, 0) is 25.1 Å². The summed E-state index contributed by atoms with van der Waals surface area (Å²) in [6.45, 7) is 1.39. The fraction of sp³-hybridized carbons (Fsp3) is 0.300. The molecule has 10 heteroatoms. The van der Waals surface area contributed by atoms with Crippen LogP contribution in [-0.2, 0) is 20.0 Å². The molecule has 0 saturated carbocycles. The molecule has 0 aromatic heterocycles. The van der Waals surface area contributed by atoms with Crippen molar-refractivity contribution in [3.8, 4) is 0 Å². The zero-order valence-corrected chi connectivity index (χ0v) is 12.4. The lowest BCUT2D eigenvalue weighted by molar-refractivity contribution is 0.0698. The van der Waals surface area contributed by atoms with E-state index in [1.54, 1.807) is 0 Å². The average Bonchev–Trinajstić information content (AvgIpc) is 2.26. The first-order valence-corrected chi connectivity index (χ1v) is 8.94. The maximum atomic E-state index is 11.5. The number of rotatable bonds is 6. The van der Waals surface area contributed by atoms with Gasteiger partial charge in [-0.25, -0.2) is 21.6 Å². The van der Waals surface area contributed by atoms with Crippen molar-refractivity contribution in [3.05, 3.63) is 23.8 Å². The third-order valence-electron chi connectivity index (χ3n) is 2.20. The molecule has 112 valence electrons. The first-order chi connectivity index (χ1) is 9.04. The number of nitrogens with one attached hydrogen (secondary N) is 2. The highest BCUT2D eigenvalue weighted by Crippen LogP contribution is 2.23. The Morgan fingerprint density at radius 1 is 1.20 bits per heavy atom. The summed E-state index contributed by atoms with van der Waals surface area (Å²) in [7, 11) is -7.23. The summed E-state index contributed by atoms with van der Waals surface area (Å²) in [5.41, 5.74) is -0.416. The van der Waals surface area contributed by atoms with Crippen LogP contribution in [-0.4, -0.2) is 39.9 Å². The number of sulfonamides is 2. The van der Waals surface area contributed by atoms with Crippen LogP contribution in [0.4, 0.5) is 11.4 Å². The number of hydrogen-bond acceptors (Lipinski definition) is 5. The van der Waals surface area contributed by atoms with E-state index in [2.05, 4.69) is 9.44 Å². The molecule has 0 spiro atoms. The van der Waals surface area contributed by atoms with Crippen LogP contribution in [0.5, 0.6) is 0 Å². The second-order valence-corrected chi connectivity index (χ2v) is 7.70. The van der Waals surface area contributed by atoms with Crippen molar-refractivity contribution in [1.82, 2.24) is 0 Å². The summed E-state index contributed by atoms with van der Waals surface area (Å²) in [5, 5.41) is 8.99. The SMILES string of the molecule is CCS(=O)(=O)Nc1cc(NS(C)(=O)=O)ccc1C(=O)O. The first-order valence-electron chi connectivity index (χ1n) is 5.39. The van der Waals surface area contributed by atoms with Gasteiger partial charge in [0, 0.05) is 0 Å². The molecule has 0 aliphatic carbocycles. The Kier molecular flexibility index (Phi) is 4.61. The summed E-state index contributed by atoms with van der Waals surface area (Å²) < 4.78 is 49.4. The molecule has 0 atom stereocenters. The molecule has 0 aliphatic rings. The molecule has 0 saturated heterocycles. The monoisotopic (exact) mass is 322 g/mol. The van der Waals surface area contributed by atoms with Crippen LogP contribution in [0.25, 0.3) is 0 Å². The number of aromatic carboxylic acids is 1. The Bertz CT molecular complexity index is 724. The van der Waals surface area contributed by atoms with E-state index in [0.717, 1.165) is 18.4 Å². The molecule has 8 nitrogen and oxygen atoms in total. The predicted octanol–water partition coefficient (Wildman–Crippen LogP) is 0.518. The smallest absolute Gasteiger partial charge is 0.337 e. The van der Waals surface area contributed by atoms with Crippen LogP contribution in [0.2, 0.25) is 0 Å². The average molecular weight is 322 g/mol. The largest absolute Gasteiger partial charge is 0.478 e. The maximum absolute atomic E-state index is 11.5. The van der Waals surface area contributed by atoms with E-state index >= 15 is 0 Å². The normalized spacial score (nSPS) is 11.9. The molecule has 3 N–H and O–H groups in total. The molecule has 20 heavy (non-hydrogen) atoms. The van der Waals surface area contributed by atoms with Gasteiger partial charge in [0.25, 0.3) is 0 Å². The minimum atomic E-state index is -3.68. The summed E-state index contributed by atoms with van der Waals surface area (Å²) in [6.07, 6.45) is 0.925. The van der Waals surface area contributed by atoms with Gasteiger partial charge in [-0.2, -0.15) is 0 Å². The van der Waals surface area contributed by atoms with Crippen molar-refractivity contribution in [1.29, 1.82) is 0 Å². The lowest BCUT2D eigenvalue weighted by Gasteiger charge is -2.11. The second-order valence-electron chi connectivity index (χ2n) is 3.95. The maximum Gasteiger partial charge on any atom is 0.337 e. The lowest BCUT2D eigenvalue weighted by atomic mass is 10.1. The van der Waals surface area contributed by atoms with Gasteiger partial charge in [0.2, 0.25) is 20.0 Å². The highest BCUT2D eigenvalue weighted by molar-refractivity contribution is 7.92. The standard InChI is InChI=1S/C10H14N2O6S2/c1-3-20(17,18)12-9-6-7(11-19(2,15)16)4-5-8(9)10(13)14/h4-6,11-12H,3H2,1-2H3,(H,13,14).